The molecular formula is C60H103NO18. The van der Waals surface area contributed by atoms with Crippen molar-refractivity contribution < 1.29 is 89.4 Å². The summed E-state index contributed by atoms with van der Waals surface area (Å²) in [6.07, 6.45) is 23.1. The molecule has 3 rings (SSSR count). The quantitative estimate of drug-likeness (QED) is 0.0282. The molecular weight excluding hydrogens is 1020 g/mol. The Hall–Kier alpha value is -2.77. The van der Waals surface area contributed by atoms with Crippen LogP contribution in [0.2, 0.25) is 0 Å². The number of aliphatic hydroxyl groups excluding tert-OH is 11. The molecule has 3 fully saturated rings. The van der Waals surface area contributed by atoms with Gasteiger partial charge in [0.25, 0.3) is 0 Å². The second-order valence-corrected chi connectivity index (χ2v) is 21.1. The lowest BCUT2D eigenvalue weighted by Crippen LogP contribution is -2.66. The lowest BCUT2D eigenvalue weighted by molar-refractivity contribution is -0.379. The van der Waals surface area contributed by atoms with Crippen molar-refractivity contribution in [2.75, 3.05) is 26.4 Å². The Balaban J connectivity index is 1.54. The van der Waals surface area contributed by atoms with Crippen LogP contribution in [0.4, 0.5) is 0 Å². The summed E-state index contributed by atoms with van der Waals surface area (Å²) in [5.41, 5.74) is 0. The molecule has 456 valence electrons. The highest BCUT2D eigenvalue weighted by atomic mass is 16.8. The maximum Gasteiger partial charge on any atom is 0.220 e. The molecule has 0 bridgehead atoms. The molecule has 3 saturated heterocycles. The fraction of sp³-hybridized carbons (Fsp3) is 0.783. The smallest absolute Gasteiger partial charge is 0.220 e. The van der Waals surface area contributed by atoms with E-state index in [1.165, 1.54) is 57.8 Å². The van der Waals surface area contributed by atoms with Crippen LogP contribution in [0.3, 0.4) is 0 Å². The van der Waals surface area contributed by atoms with Crippen LogP contribution in [0.1, 0.15) is 168 Å². The van der Waals surface area contributed by atoms with E-state index in [1.54, 1.807) is 6.08 Å². The Labute approximate surface area is 470 Å². The van der Waals surface area contributed by atoms with Gasteiger partial charge in [-0.05, 0) is 77.0 Å². The number of unbranched alkanes of at least 4 members (excludes halogenated alkanes) is 16. The number of nitrogens with one attached hydrogen (secondary N) is 1. The average Bonchev–Trinajstić information content (AvgIpc) is 3.47. The zero-order valence-electron chi connectivity index (χ0n) is 47.3. The molecule has 0 aromatic rings. The van der Waals surface area contributed by atoms with Crippen LogP contribution >= 0.6 is 0 Å². The van der Waals surface area contributed by atoms with Crippen LogP contribution < -0.4 is 5.32 Å². The van der Waals surface area contributed by atoms with E-state index in [0.717, 1.165) is 77.0 Å². The van der Waals surface area contributed by atoms with E-state index < -0.39 is 124 Å². The third kappa shape index (κ3) is 27.0. The first-order valence-corrected chi connectivity index (χ1v) is 29.7. The molecule has 3 aliphatic rings. The van der Waals surface area contributed by atoms with Crippen molar-refractivity contribution in [1.29, 1.82) is 0 Å². The standard InChI is InChI=1S/C60H103NO18/c1-3-5-7-9-11-13-15-17-19-20-21-22-24-25-27-29-31-33-35-37-44(65)43(61-48(66)38-36-34-32-30-28-26-23-18-16-14-12-10-8-6-4-2)42-74-58-54(72)51(69)56(46(40-63)76-58)79-60-55(73)52(70)57(47(41-64)77-60)78-59-53(71)50(68)49(67)45(39-62)75-59/h6,8,12,14,18,21-23,27,29,35,37,43-47,49-60,62-65,67-73H,3-5,7,9-11,13,15-17,19-20,24-26,28,30-34,36,38-42H2,1-2H3,(H,61,66)/b8-6-,14-12-,22-21+,23-18-,29-27+,37-35+. The van der Waals surface area contributed by atoms with Crippen molar-refractivity contribution >= 4 is 5.91 Å². The lowest BCUT2D eigenvalue weighted by atomic mass is 9.96. The van der Waals surface area contributed by atoms with Crippen LogP contribution in [0.15, 0.2) is 72.9 Å². The Bertz CT molecular complexity index is 1730. The summed E-state index contributed by atoms with van der Waals surface area (Å²) in [6, 6.07) is -1.01. The Kier molecular flexibility index (Phi) is 38.3. The monoisotopic (exact) mass is 1130 g/mol. The maximum atomic E-state index is 13.3. The fourth-order valence-corrected chi connectivity index (χ4v) is 9.59. The summed E-state index contributed by atoms with van der Waals surface area (Å²) in [6.45, 7) is 1.54. The van der Waals surface area contributed by atoms with Crippen molar-refractivity contribution in [3.8, 4) is 0 Å². The van der Waals surface area contributed by atoms with Gasteiger partial charge in [0.1, 0.15) is 73.2 Å². The number of hydrogen-bond acceptors (Lipinski definition) is 18. The molecule has 3 heterocycles. The van der Waals surface area contributed by atoms with Crippen molar-refractivity contribution in [3.05, 3.63) is 72.9 Å². The number of hydrogen-bond donors (Lipinski definition) is 12. The number of carbonyl (C=O) groups is 1. The lowest BCUT2D eigenvalue weighted by Gasteiger charge is -2.48. The fourth-order valence-electron chi connectivity index (χ4n) is 9.59. The highest BCUT2D eigenvalue weighted by Crippen LogP contribution is 2.33. The minimum absolute atomic E-state index is 0.209. The second kappa shape index (κ2) is 43.0. The third-order valence-corrected chi connectivity index (χ3v) is 14.5. The summed E-state index contributed by atoms with van der Waals surface area (Å²) in [5.74, 6) is -0.311. The maximum absolute atomic E-state index is 13.3. The van der Waals surface area contributed by atoms with Gasteiger partial charge in [-0.2, -0.15) is 0 Å². The number of aliphatic hydroxyl groups is 11. The Morgan fingerprint density at radius 1 is 0.468 bits per heavy atom. The van der Waals surface area contributed by atoms with Gasteiger partial charge in [-0.3, -0.25) is 4.79 Å². The predicted molar refractivity (Wildman–Crippen MR) is 300 cm³/mol. The largest absolute Gasteiger partial charge is 0.394 e. The first-order chi connectivity index (χ1) is 38.3. The van der Waals surface area contributed by atoms with Gasteiger partial charge in [-0.1, -0.05) is 157 Å². The van der Waals surface area contributed by atoms with Crippen LogP contribution in [0.5, 0.6) is 0 Å². The van der Waals surface area contributed by atoms with Crippen LogP contribution in [0.25, 0.3) is 0 Å². The van der Waals surface area contributed by atoms with Gasteiger partial charge >= 0.3 is 0 Å². The van der Waals surface area contributed by atoms with Gasteiger partial charge < -0.3 is 89.9 Å². The number of rotatable bonds is 42. The van der Waals surface area contributed by atoms with E-state index in [-0.39, 0.29) is 18.9 Å². The Morgan fingerprint density at radius 3 is 1.42 bits per heavy atom. The van der Waals surface area contributed by atoms with Gasteiger partial charge in [0.2, 0.25) is 5.91 Å². The van der Waals surface area contributed by atoms with E-state index in [1.807, 2.05) is 6.08 Å². The average molecular weight is 1130 g/mol. The molecule has 0 saturated carbocycles. The first-order valence-electron chi connectivity index (χ1n) is 29.7. The van der Waals surface area contributed by atoms with Crippen molar-refractivity contribution in [2.24, 2.45) is 0 Å². The van der Waals surface area contributed by atoms with Gasteiger partial charge in [0, 0.05) is 6.42 Å². The molecule has 0 aromatic heterocycles. The molecule has 19 nitrogen and oxygen atoms in total. The highest BCUT2D eigenvalue weighted by molar-refractivity contribution is 5.76. The van der Waals surface area contributed by atoms with E-state index >= 15 is 0 Å². The molecule has 17 atom stereocenters. The minimum Gasteiger partial charge on any atom is -0.394 e. The molecule has 0 aliphatic carbocycles. The molecule has 1 amide bonds. The summed E-state index contributed by atoms with van der Waals surface area (Å²) in [5, 5.41) is 120. The van der Waals surface area contributed by atoms with Crippen molar-refractivity contribution in [2.45, 2.75) is 272 Å². The van der Waals surface area contributed by atoms with E-state index in [4.69, 9.17) is 28.4 Å². The number of allylic oxidation sites excluding steroid dienone is 11. The number of ether oxygens (including phenoxy) is 6. The summed E-state index contributed by atoms with van der Waals surface area (Å²) in [7, 11) is 0. The van der Waals surface area contributed by atoms with Crippen LogP contribution in [-0.4, -0.2) is 193 Å². The van der Waals surface area contributed by atoms with Crippen LogP contribution in [-0.2, 0) is 33.2 Å². The van der Waals surface area contributed by atoms with Gasteiger partial charge in [0.15, 0.2) is 18.9 Å². The summed E-state index contributed by atoms with van der Waals surface area (Å²) >= 11 is 0. The topological polar surface area (TPSA) is 307 Å². The SMILES string of the molecule is CC/C=C\C/C=C\C/C=C\CCCCCCCC(=O)NC(COC1OC(CO)C(OC2OC(CO)C(OC3OC(CO)C(O)C(O)C3O)C(O)C2O)C(O)C1O)C(O)/C=C/CC/C=C/CC/C=C/CCCCCCCCCCC. The van der Waals surface area contributed by atoms with Crippen molar-refractivity contribution in [1.82, 2.24) is 5.32 Å². The molecule has 3 aliphatic heterocycles. The van der Waals surface area contributed by atoms with E-state index in [2.05, 4.69) is 79.9 Å². The van der Waals surface area contributed by atoms with Gasteiger partial charge in [0.05, 0.1) is 38.6 Å². The van der Waals surface area contributed by atoms with E-state index in [9.17, 15) is 61.0 Å². The molecule has 0 aromatic carbocycles. The zero-order chi connectivity index (χ0) is 57.6. The summed E-state index contributed by atoms with van der Waals surface area (Å²) in [4.78, 5) is 13.3. The minimum atomic E-state index is -1.99. The van der Waals surface area contributed by atoms with Gasteiger partial charge in [-0.15, -0.1) is 0 Å². The van der Waals surface area contributed by atoms with E-state index in [0.29, 0.717) is 12.8 Å². The summed E-state index contributed by atoms with van der Waals surface area (Å²) < 4.78 is 34.2. The molecule has 17 unspecified atom stereocenters. The van der Waals surface area contributed by atoms with Crippen molar-refractivity contribution in [3.63, 3.8) is 0 Å². The first kappa shape index (κ1) is 70.5. The molecule has 79 heavy (non-hydrogen) atoms. The molecule has 19 heteroatoms. The Morgan fingerprint density at radius 2 is 0.886 bits per heavy atom. The predicted octanol–water partition coefficient (Wildman–Crippen LogP) is 5.04. The zero-order valence-corrected chi connectivity index (χ0v) is 47.3. The molecule has 0 radical (unpaired) electrons. The number of amides is 1. The normalized spacial score (nSPS) is 30.8. The van der Waals surface area contributed by atoms with Crippen LogP contribution in [0, 0.1) is 0 Å². The number of carbonyl (C=O) groups excluding carboxylic acids is 1. The third-order valence-electron chi connectivity index (χ3n) is 14.5. The second-order valence-electron chi connectivity index (χ2n) is 21.1. The molecule has 0 spiro atoms. The molecule has 12 N–H and O–H groups in total. The van der Waals surface area contributed by atoms with Gasteiger partial charge in [-0.25, -0.2) is 0 Å². The highest BCUT2D eigenvalue weighted by Gasteiger charge is 2.53.